The molecule has 0 saturated carbocycles. The molecular formula is C14H20Cl2N2O2. The van der Waals surface area contributed by atoms with Crippen LogP contribution in [0.5, 0.6) is 0 Å². The van der Waals surface area contributed by atoms with Crippen LogP contribution in [0, 0.1) is 0 Å². The van der Waals surface area contributed by atoms with Crippen LogP contribution in [-0.2, 0) is 4.79 Å². The van der Waals surface area contributed by atoms with Gasteiger partial charge in [-0.25, -0.2) is 0 Å². The number of amides is 1. The lowest BCUT2D eigenvalue weighted by Gasteiger charge is -2.20. The lowest BCUT2D eigenvalue weighted by molar-refractivity contribution is -0.117. The summed E-state index contributed by atoms with van der Waals surface area (Å²) in [6.45, 7) is 3.99. The SMILES string of the molecule is CCCN(CCCO)CC(=O)Nc1ccc(Cl)cc1Cl. The number of anilines is 1. The van der Waals surface area contributed by atoms with Gasteiger partial charge in [-0.3, -0.25) is 9.69 Å². The van der Waals surface area contributed by atoms with Crippen LogP contribution in [-0.4, -0.2) is 42.2 Å². The number of benzene rings is 1. The molecule has 0 unspecified atom stereocenters. The van der Waals surface area contributed by atoms with E-state index in [1.54, 1.807) is 18.2 Å². The van der Waals surface area contributed by atoms with E-state index in [4.69, 9.17) is 28.3 Å². The Morgan fingerprint density at radius 1 is 1.35 bits per heavy atom. The molecule has 1 rings (SSSR count). The van der Waals surface area contributed by atoms with E-state index in [1.165, 1.54) is 0 Å². The second-order valence-electron chi connectivity index (χ2n) is 4.53. The minimum Gasteiger partial charge on any atom is -0.396 e. The molecule has 1 amide bonds. The van der Waals surface area contributed by atoms with E-state index < -0.39 is 0 Å². The van der Waals surface area contributed by atoms with E-state index in [9.17, 15) is 4.79 Å². The van der Waals surface area contributed by atoms with E-state index in [0.29, 0.717) is 28.7 Å². The largest absolute Gasteiger partial charge is 0.396 e. The highest BCUT2D eigenvalue weighted by Gasteiger charge is 2.11. The topological polar surface area (TPSA) is 52.6 Å². The lowest BCUT2D eigenvalue weighted by Crippen LogP contribution is -2.35. The van der Waals surface area contributed by atoms with Gasteiger partial charge < -0.3 is 10.4 Å². The number of aliphatic hydroxyl groups excluding tert-OH is 1. The van der Waals surface area contributed by atoms with E-state index >= 15 is 0 Å². The van der Waals surface area contributed by atoms with Crippen LogP contribution in [0.2, 0.25) is 10.0 Å². The monoisotopic (exact) mass is 318 g/mol. The van der Waals surface area contributed by atoms with Crippen LogP contribution in [0.25, 0.3) is 0 Å². The Labute approximate surface area is 129 Å². The van der Waals surface area contributed by atoms with Gasteiger partial charge in [-0.15, -0.1) is 0 Å². The molecule has 0 saturated heterocycles. The summed E-state index contributed by atoms with van der Waals surface area (Å²) in [5.74, 6) is -0.124. The van der Waals surface area contributed by atoms with Crippen molar-refractivity contribution in [2.75, 3.05) is 31.6 Å². The van der Waals surface area contributed by atoms with Crippen molar-refractivity contribution in [2.45, 2.75) is 19.8 Å². The number of nitrogens with zero attached hydrogens (tertiary/aromatic N) is 1. The molecule has 2 N–H and O–H groups in total. The van der Waals surface area contributed by atoms with Gasteiger partial charge in [0.2, 0.25) is 5.91 Å². The number of carbonyl (C=O) groups is 1. The Kier molecular flexibility index (Phi) is 7.92. The molecule has 1 aromatic carbocycles. The zero-order valence-electron chi connectivity index (χ0n) is 11.5. The van der Waals surface area contributed by atoms with Crippen molar-refractivity contribution in [3.8, 4) is 0 Å². The average molecular weight is 319 g/mol. The molecule has 20 heavy (non-hydrogen) atoms. The van der Waals surface area contributed by atoms with Gasteiger partial charge in [-0.05, 0) is 37.6 Å². The van der Waals surface area contributed by atoms with Crippen LogP contribution in [0.1, 0.15) is 19.8 Å². The minimum atomic E-state index is -0.124. The van der Waals surface area contributed by atoms with Crippen LogP contribution in [0.15, 0.2) is 18.2 Å². The Morgan fingerprint density at radius 2 is 2.10 bits per heavy atom. The average Bonchev–Trinajstić information content (AvgIpc) is 2.39. The fourth-order valence-electron chi connectivity index (χ4n) is 1.86. The molecule has 0 aromatic heterocycles. The molecule has 112 valence electrons. The summed E-state index contributed by atoms with van der Waals surface area (Å²) in [6.07, 6.45) is 1.62. The Bertz CT molecular complexity index is 441. The fourth-order valence-corrected chi connectivity index (χ4v) is 2.32. The lowest BCUT2D eigenvalue weighted by atomic mass is 10.3. The second kappa shape index (κ2) is 9.19. The number of hydrogen-bond acceptors (Lipinski definition) is 3. The van der Waals surface area contributed by atoms with E-state index in [0.717, 1.165) is 13.0 Å². The number of rotatable bonds is 8. The molecule has 6 heteroatoms. The number of halogens is 2. The van der Waals surface area contributed by atoms with Gasteiger partial charge in [0.05, 0.1) is 17.3 Å². The summed E-state index contributed by atoms with van der Waals surface area (Å²) in [4.78, 5) is 14.0. The van der Waals surface area contributed by atoms with Crippen LogP contribution >= 0.6 is 23.2 Å². The van der Waals surface area contributed by atoms with Crippen molar-refractivity contribution in [3.05, 3.63) is 28.2 Å². The summed E-state index contributed by atoms with van der Waals surface area (Å²) in [7, 11) is 0. The van der Waals surface area contributed by atoms with Gasteiger partial charge >= 0.3 is 0 Å². The van der Waals surface area contributed by atoms with Gasteiger partial charge in [-0.2, -0.15) is 0 Å². The van der Waals surface area contributed by atoms with Gasteiger partial charge in [0.15, 0.2) is 0 Å². The number of nitrogens with one attached hydrogen (secondary N) is 1. The number of hydrogen-bond donors (Lipinski definition) is 2. The van der Waals surface area contributed by atoms with Crippen LogP contribution in [0.4, 0.5) is 5.69 Å². The molecule has 0 aliphatic carbocycles. The molecule has 1 aromatic rings. The molecule has 0 radical (unpaired) electrons. The van der Waals surface area contributed by atoms with Crippen molar-refractivity contribution < 1.29 is 9.90 Å². The Balaban J connectivity index is 2.55. The fraction of sp³-hybridized carbons (Fsp3) is 0.500. The standard InChI is InChI=1S/C14H20Cl2N2O2/c1-2-6-18(7-3-8-19)10-14(20)17-13-5-4-11(15)9-12(13)16/h4-5,9,19H,2-3,6-8,10H2,1H3,(H,17,20). The molecule has 0 spiro atoms. The first-order chi connectivity index (χ1) is 9.56. The van der Waals surface area contributed by atoms with Crippen LogP contribution < -0.4 is 5.32 Å². The second-order valence-corrected chi connectivity index (χ2v) is 5.37. The quantitative estimate of drug-likeness (QED) is 0.774. The molecule has 0 heterocycles. The molecule has 4 nitrogen and oxygen atoms in total. The third kappa shape index (κ3) is 6.09. The molecule has 0 bridgehead atoms. The third-order valence-electron chi connectivity index (χ3n) is 2.74. The van der Waals surface area contributed by atoms with E-state index in [1.807, 2.05) is 4.90 Å². The summed E-state index contributed by atoms with van der Waals surface area (Å²) in [6, 6.07) is 4.95. The van der Waals surface area contributed by atoms with Crippen molar-refractivity contribution in [1.82, 2.24) is 4.90 Å². The van der Waals surface area contributed by atoms with Crippen molar-refractivity contribution in [3.63, 3.8) is 0 Å². The highest BCUT2D eigenvalue weighted by atomic mass is 35.5. The molecule has 0 atom stereocenters. The van der Waals surface area contributed by atoms with Crippen molar-refractivity contribution in [1.29, 1.82) is 0 Å². The highest BCUT2D eigenvalue weighted by Crippen LogP contribution is 2.25. The van der Waals surface area contributed by atoms with Crippen molar-refractivity contribution >= 4 is 34.8 Å². The van der Waals surface area contributed by atoms with Gasteiger partial charge in [0.25, 0.3) is 0 Å². The molecular weight excluding hydrogens is 299 g/mol. The molecule has 0 aliphatic heterocycles. The zero-order valence-corrected chi connectivity index (χ0v) is 13.0. The van der Waals surface area contributed by atoms with Gasteiger partial charge in [0.1, 0.15) is 0 Å². The van der Waals surface area contributed by atoms with Crippen molar-refractivity contribution in [2.24, 2.45) is 0 Å². The summed E-state index contributed by atoms with van der Waals surface area (Å²) < 4.78 is 0. The first-order valence-corrected chi connectivity index (χ1v) is 7.40. The summed E-state index contributed by atoms with van der Waals surface area (Å²) in [5, 5.41) is 12.6. The number of aliphatic hydroxyl groups is 1. The smallest absolute Gasteiger partial charge is 0.238 e. The maximum absolute atomic E-state index is 12.0. The number of carbonyl (C=O) groups excluding carboxylic acids is 1. The predicted molar refractivity (Wildman–Crippen MR) is 83.5 cm³/mol. The highest BCUT2D eigenvalue weighted by molar-refractivity contribution is 6.36. The Morgan fingerprint density at radius 3 is 2.70 bits per heavy atom. The molecule has 0 aliphatic rings. The predicted octanol–water partition coefficient (Wildman–Crippen LogP) is 3.03. The summed E-state index contributed by atoms with van der Waals surface area (Å²) in [5.41, 5.74) is 0.555. The molecule has 0 fully saturated rings. The first-order valence-electron chi connectivity index (χ1n) is 6.65. The van der Waals surface area contributed by atoms with E-state index in [2.05, 4.69) is 12.2 Å². The minimum absolute atomic E-state index is 0.124. The van der Waals surface area contributed by atoms with Crippen LogP contribution in [0.3, 0.4) is 0 Å². The first kappa shape index (κ1) is 17.2. The normalized spacial score (nSPS) is 10.8. The Hall–Kier alpha value is -0.810. The maximum Gasteiger partial charge on any atom is 0.238 e. The maximum atomic E-state index is 12.0. The summed E-state index contributed by atoms with van der Waals surface area (Å²) >= 11 is 11.8. The van der Waals surface area contributed by atoms with E-state index in [-0.39, 0.29) is 19.1 Å². The third-order valence-corrected chi connectivity index (χ3v) is 3.29. The van der Waals surface area contributed by atoms with Gasteiger partial charge in [0, 0.05) is 18.2 Å². The zero-order chi connectivity index (χ0) is 15.0. The van der Waals surface area contributed by atoms with Gasteiger partial charge in [-0.1, -0.05) is 30.1 Å².